The quantitative estimate of drug-likeness (QED) is 0.266. The molecule has 0 saturated heterocycles. The second kappa shape index (κ2) is 10.5. The summed E-state index contributed by atoms with van der Waals surface area (Å²) >= 11 is 0. The monoisotopic (exact) mass is 462 g/mol. The van der Waals surface area contributed by atoms with Crippen molar-refractivity contribution in [1.29, 1.82) is 0 Å². The Kier molecular flexibility index (Phi) is 7.39. The lowest BCUT2D eigenvalue weighted by atomic mass is 9.50. The molecule has 0 N–H and O–H groups in total. The van der Waals surface area contributed by atoms with Crippen molar-refractivity contribution < 1.29 is 8.85 Å². The van der Waals surface area contributed by atoms with E-state index in [1.54, 1.807) is 0 Å². The van der Waals surface area contributed by atoms with Crippen LogP contribution in [-0.2, 0) is 8.85 Å². The first-order chi connectivity index (χ1) is 16.2. The first-order valence-electron chi connectivity index (χ1n) is 13.6. The minimum absolute atomic E-state index is 0.390. The molecule has 0 amide bonds. The van der Waals surface area contributed by atoms with Crippen LogP contribution >= 0.6 is 0 Å². The minimum Gasteiger partial charge on any atom is -0.388 e. The van der Waals surface area contributed by atoms with E-state index in [4.69, 9.17) is 8.85 Å². The number of hydrogen-bond acceptors (Lipinski definition) is 2. The first-order valence-corrected chi connectivity index (χ1v) is 15.4. The van der Waals surface area contributed by atoms with E-state index >= 15 is 0 Å². The van der Waals surface area contributed by atoms with Crippen molar-refractivity contribution in [3.05, 3.63) is 60.7 Å². The van der Waals surface area contributed by atoms with Crippen LogP contribution in [0.25, 0.3) is 0 Å². The lowest BCUT2D eigenvalue weighted by Crippen LogP contribution is -2.65. The van der Waals surface area contributed by atoms with Gasteiger partial charge in [0.2, 0.25) is 0 Å². The van der Waals surface area contributed by atoms with Crippen LogP contribution in [0.1, 0.15) is 77.6 Å². The molecule has 0 aliphatic heterocycles. The molecule has 0 unspecified atom stereocenters. The predicted octanol–water partition coefficient (Wildman–Crippen LogP) is 6.46. The average Bonchev–Trinajstić information content (AvgIpc) is 2.84. The molecule has 4 aliphatic rings. The van der Waals surface area contributed by atoms with Gasteiger partial charge in [0.05, 0.1) is 0 Å². The fraction of sp³-hybridized carbons (Fsp3) is 0.600. The van der Waals surface area contributed by atoms with Crippen molar-refractivity contribution in [1.82, 2.24) is 0 Å². The molecule has 4 aliphatic carbocycles. The lowest BCUT2D eigenvalue weighted by Gasteiger charge is -2.57. The smallest absolute Gasteiger partial charge is 0.388 e. The van der Waals surface area contributed by atoms with Gasteiger partial charge in [-0.25, -0.2) is 0 Å². The molecule has 2 nitrogen and oxygen atoms in total. The molecular weight excluding hydrogens is 420 g/mol. The molecule has 0 aromatic heterocycles. The highest BCUT2D eigenvalue weighted by molar-refractivity contribution is 6.92. The number of unbranched alkanes of at least 4 members (excludes halogenated alkanes) is 4. The van der Waals surface area contributed by atoms with Crippen molar-refractivity contribution in [2.45, 2.75) is 77.6 Å². The van der Waals surface area contributed by atoms with Crippen LogP contribution in [0.5, 0.6) is 0 Å². The van der Waals surface area contributed by atoms with Crippen molar-refractivity contribution in [2.75, 3.05) is 13.2 Å². The molecule has 178 valence electrons. The highest BCUT2D eigenvalue weighted by atomic mass is 28.4. The van der Waals surface area contributed by atoms with Gasteiger partial charge in [0, 0.05) is 13.2 Å². The third-order valence-electron chi connectivity index (χ3n) is 8.61. The van der Waals surface area contributed by atoms with Crippen LogP contribution in [0.4, 0.5) is 0 Å². The second-order valence-corrected chi connectivity index (χ2v) is 14.3. The van der Waals surface area contributed by atoms with Gasteiger partial charge >= 0.3 is 8.56 Å². The van der Waals surface area contributed by atoms with Crippen LogP contribution in [0, 0.1) is 23.2 Å². The Morgan fingerprint density at radius 3 is 1.73 bits per heavy atom. The zero-order chi connectivity index (χ0) is 22.6. The summed E-state index contributed by atoms with van der Waals surface area (Å²) in [4.78, 5) is 0. The standard InChI is InChI=1S/C30H42O2Si/c1-2-3-4-5-12-17-31-33(28-13-8-6-9-14-28,29-15-10-7-11-16-29)32-24-30-21-25-18-26(22-30)20-27(19-25)23-30/h6-11,13-16,25-27H,2-5,12,17-24H2,1H3. The molecule has 0 heterocycles. The zero-order valence-corrected chi connectivity index (χ0v) is 21.5. The topological polar surface area (TPSA) is 18.5 Å². The van der Waals surface area contributed by atoms with Gasteiger partial charge in [-0.15, -0.1) is 0 Å². The van der Waals surface area contributed by atoms with Crippen LogP contribution in [0.15, 0.2) is 60.7 Å². The van der Waals surface area contributed by atoms with Gasteiger partial charge in [0.1, 0.15) is 0 Å². The highest BCUT2D eigenvalue weighted by Crippen LogP contribution is 2.60. The summed E-state index contributed by atoms with van der Waals surface area (Å²) in [6, 6.07) is 21.8. The Balaban J connectivity index is 1.40. The molecule has 0 atom stereocenters. The Morgan fingerprint density at radius 2 is 1.21 bits per heavy atom. The fourth-order valence-corrected chi connectivity index (χ4v) is 10.8. The van der Waals surface area contributed by atoms with E-state index in [0.29, 0.717) is 5.41 Å². The van der Waals surface area contributed by atoms with Gasteiger partial charge in [-0.2, -0.15) is 0 Å². The second-order valence-electron chi connectivity index (χ2n) is 11.3. The molecule has 4 saturated carbocycles. The molecule has 3 heteroatoms. The first kappa shape index (κ1) is 23.3. The lowest BCUT2D eigenvalue weighted by molar-refractivity contribution is -0.0792. The summed E-state index contributed by atoms with van der Waals surface area (Å²) in [5.41, 5.74) is 0.390. The SMILES string of the molecule is CCCCCCCO[Si](OCC12CC3CC(CC(C3)C1)C2)(c1ccccc1)c1ccccc1. The maximum absolute atomic E-state index is 7.23. The van der Waals surface area contributed by atoms with E-state index in [-0.39, 0.29) is 0 Å². The Labute approximate surface area is 202 Å². The van der Waals surface area contributed by atoms with E-state index < -0.39 is 8.56 Å². The van der Waals surface area contributed by atoms with E-state index in [1.165, 1.54) is 74.6 Å². The van der Waals surface area contributed by atoms with Gasteiger partial charge in [0.15, 0.2) is 0 Å². The summed E-state index contributed by atoms with van der Waals surface area (Å²) in [5.74, 6) is 2.84. The normalized spacial score (nSPS) is 28.3. The molecular formula is C30H42O2Si. The zero-order valence-electron chi connectivity index (χ0n) is 20.5. The third kappa shape index (κ3) is 5.16. The van der Waals surface area contributed by atoms with Gasteiger partial charge in [-0.05, 0) is 78.5 Å². The van der Waals surface area contributed by atoms with Gasteiger partial charge < -0.3 is 8.85 Å². The summed E-state index contributed by atoms with van der Waals surface area (Å²) in [5, 5.41) is 2.52. The summed E-state index contributed by atoms with van der Waals surface area (Å²) < 4.78 is 14.2. The van der Waals surface area contributed by atoms with E-state index in [2.05, 4.69) is 67.6 Å². The molecule has 4 fully saturated rings. The molecule has 33 heavy (non-hydrogen) atoms. The minimum atomic E-state index is -2.77. The Hall–Kier alpha value is -1.42. The Morgan fingerprint density at radius 1 is 0.697 bits per heavy atom. The van der Waals surface area contributed by atoms with E-state index in [0.717, 1.165) is 37.4 Å². The summed E-state index contributed by atoms with van der Waals surface area (Å²) in [6.07, 6.45) is 14.8. The van der Waals surface area contributed by atoms with Crippen molar-refractivity contribution in [3.63, 3.8) is 0 Å². The van der Waals surface area contributed by atoms with Gasteiger partial charge in [0.25, 0.3) is 0 Å². The molecule has 4 bridgehead atoms. The summed E-state index contributed by atoms with van der Waals surface area (Å²) in [6.45, 7) is 3.94. The third-order valence-corrected chi connectivity index (χ3v) is 12.0. The molecule has 6 rings (SSSR count). The van der Waals surface area contributed by atoms with Crippen LogP contribution < -0.4 is 10.4 Å². The van der Waals surface area contributed by atoms with Crippen LogP contribution in [0.3, 0.4) is 0 Å². The molecule has 2 aromatic rings. The van der Waals surface area contributed by atoms with Gasteiger partial charge in [-0.1, -0.05) is 93.3 Å². The van der Waals surface area contributed by atoms with Crippen molar-refractivity contribution >= 4 is 18.9 Å². The molecule has 0 spiro atoms. The number of benzene rings is 2. The van der Waals surface area contributed by atoms with Crippen molar-refractivity contribution in [3.8, 4) is 0 Å². The van der Waals surface area contributed by atoms with Gasteiger partial charge in [-0.3, -0.25) is 0 Å². The Bertz CT molecular complexity index is 791. The average molecular weight is 463 g/mol. The number of hydrogen-bond donors (Lipinski definition) is 0. The molecule has 0 radical (unpaired) electrons. The fourth-order valence-electron chi connectivity index (χ4n) is 7.50. The van der Waals surface area contributed by atoms with Crippen molar-refractivity contribution in [2.24, 2.45) is 23.2 Å². The number of rotatable bonds is 12. The van der Waals surface area contributed by atoms with E-state index in [9.17, 15) is 0 Å². The molecule has 2 aromatic carbocycles. The highest BCUT2D eigenvalue weighted by Gasteiger charge is 2.53. The summed E-state index contributed by atoms with van der Waals surface area (Å²) in [7, 11) is -2.77. The van der Waals surface area contributed by atoms with E-state index in [1.807, 2.05) is 0 Å². The van der Waals surface area contributed by atoms with Crippen LogP contribution in [0.2, 0.25) is 0 Å². The van der Waals surface area contributed by atoms with Crippen LogP contribution in [-0.4, -0.2) is 21.8 Å². The predicted molar refractivity (Wildman–Crippen MR) is 139 cm³/mol. The maximum Gasteiger partial charge on any atom is 0.407 e. The largest absolute Gasteiger partial charge is 0.407 e. The maximum atomic E-state index is 7.23.